The van der Waals surface area contributed by atoms with E-state index in [-0.39, 0.29) is 17.6 Å². The Labute approximate surface area is 104 Å². The van der Waals surface area contributed by atoms with E-state index in [2.05, 4.69) is 17.6 Å². The van der Waals surface area contributed by atoms with Gasteiger partial charge in [-0.1, -0.05) is 13.3 Å². The normalized spacial score (nSPS) is 25.6. The van der Waals surface area contributed by atoms with Crippen molar-refractivity contribution in [3.05, 3.63) is 0 Å². The molecular weight excluding hydrogens is 216 g/mol. The van der Waals surface area contributed by atoms with E-state index in [0.29, 0.717) is 12.5 Å². The minimum Gasteiger partial charge on any atom is -0.377 e. The smallest absolute Gasteiger partial charge is 0.237 e. The molecule has 0 bridgehead atoms. The highest BCUT2D eigenvalue weighted by Gasteiger charge is 2.27. The van der Waals surface area contributed by atoms with Crippen LogP contribution in [-0.2, 0) is 9.53 Å². The minimum atomic E-state index is -0.297. The average molecular weight is 242 g/mol. The first-order valence-corrected chi connectivity index (χ1v) is 6.54. The summed E-state index contributed by atoms with van der Waals surface area (Å²) in [7, 11) is 1.66. The minimum absolute atomic E-state index is 0.0265. The summed E-state index contributed by atoms with van der Waals surface area (Å²) >= 11 is 0. The third-order valence-corrected chi connectivity index (χ3v) is 3.65. The van der Waals surface area contributed by atoms with Gasteiger partial charge >= 0.3 is 0 Å². The zero-order chi connectivity index (χ0) is 12.9. The Bertz CT molecular complexity index is 254. The predicted octanol–water partition coefficient (Wildman–Crippen LogP) is 1.31. The molecule has 0 aromatic carbocycles. The Morgan fingerprint density at radius 2 is 2.24 bits per heavy atom. The fourth-order valence-corrected chi connectivity index (χ4v) is 2.06. The van der Waals surface area contributed by atoms with Gasteiger partial charge < -0.3 is 15.4 Å². The molecule has 0 radical (unpaired) electrons. The molecule has 2 N–H and O–H groups in total. The van der Waals surface area contributed by atoms with Crippen molar-refractivity contribution in [2.45, 2.75) is 51.7 Å². The Balaban J connectivity index is 2.37. The fourth-order valence-electron chi connectivity index (χ4n) is 2.06. The molecule has 2 atom stereocenters. The van der Waals surface area contributed by atoms with Gasteiger partial charge in [-0.2, -0.15) is 0 Å². The van der Waals surface area contributed by atoms with Gasteiger partial charge in [-0.25, -0.2) is 0 Å². The number of methoxy groups -OCH3 is 1. The van der Waals surface area contributed by atoms with Crippen LogP contribution in [0.5, 0.6) is 0 Å². The van der Waals surface area contributed by atoms with E-state index in [1.165, 1.54) is 6.42 Å². The molecule has 1 fully saturated rings. The molecule has 1 heterocycles. The zero-order valence-electron chi connectivity index (χ0n) is 11.5. The first kappa shape index (κ1) is 14.5. The number of piperidine rings is 1. The summed E-state index contributed by atoms with van der Waals surface area (Å²) in [5, 5.41) is 6.25. The molecular formula is C13H26N2O2. The van der Waals surface area contributed by atoms with Crippen LogP contribution < -0.4 is 10.6 Å². The molecule has 1 aliphatic rings. The number of hydrogen-bond acceptors (Lipinski definition) is 3. The first-order valence-electron chi connectivity index (χ1n) is 6.54. The lowest BCUT2D eigenvalue weighted by molar-refractivity contribution is -0.125. The summed E-state index contributed by atoms with van der Waals surface area (Å²) in [6.45, 7) is 7.63. The molecule has 0 aromatic heterocycles. The number of hydrogen-bond donors (Lipinski definition) is 2. The standard InChI is InChI=1S/C13H26N2O2/c1-5-10-6-7-14-11(8-10)12(16)15-9-13(2,3)17-4/h10-11,14H,5-9H2,1-4H3,(H,15,16). The number of amides is 1. The highest BCUT2D eigenvalue weighted by Crippen LogP contribution is 2.19. The van der Waals surface area contributed by atoms with E-state index in [4.69, 9.17) is 4.74 Å². The Kier molecular flexibility index (Phi) is 5.40. The molecule has 1 amide bonds. The Morgan fingerprint density at radius 1 is 1.53 bits per heavy atom. The van der Waals surface area contributed by atoms with Crippen LogP contribution >= 0.6 is 0 Å². The lowest BCUT2D eigenvalue weighted by Crippen LogP contribution is -2.51. The van der Waals surface area contributed by atoms with Crippen LogP contribution in [0.1, 0.15) is 40.0 Å². The van der Waals surface area contributed by atoms with Gasteiger partial charge in [0, 0.05) is 13.7 Å². The third kappa shape index (κ3) is 4.64. The van der Waals surface area contributed by atoms with Crippen molar-refractivity contribution in [3.8, 4) is 0 Å². The van der Waals surface area contributed by atoms with Gasteiger partial charge in [0.25, 0.3) is 0 Å². The van der Waals surface area contributed by atoms with Crippen molar-refractivity contribution >= 4 is 5.91 Å². The van der Waals surface area contributed by atoms with Gasteiger partial charge in [0.05, 0.1) is 11.6 Å². The van der Waals surface area contributed by atoms with Crippen molar-refractivity contribution < 1.29 is 9.53 Å². The molecule has 4 heteroatoms. The average Bonchev–Trinajstić information content (AvgIpc) is 2.36. The number of ether oxygens (including phenoxy) is 1. The van der Waals surface area contributed by atoms with Crippen molar-refractivity contribution in [2.75, 3.05) is 20.2 Å². The van der Waals surface area contributed by atoms with Crippen molar-refractivity contribution in [1.29, 1.82) is 0 Å². The topological polar surface area (TPSA) is 50.4 Å². The molecule has 0 spiro atoms. The quantitative estimate of drug-likeness (QED) is 0.764. The lowest BCUT2D eigenvalue weighted by atomic mass is 9.90. The maximum absolute atomic E-state index is 12.0. The number of nitrogens with one attached hydrogen (secondary N) is 2. The van der Waals surface area contributed by atoms with Gasteiger partial charge in [-0.15, -0.1) is 0 Å². The van der Waals surface area contributed by atoms with E-state index in [1.807, 2.05) is 13.8 Å². The number of rotatable bonds is 5. The van der Waals surface area contributed by atoms with Crippen LogP contribution in [-0.4, -0.2) is 37.7 Å². The Morgan fingerprint density at radius 3 is 2.82 bits per heavy atom. The van der Waals surface area contributed by atoms with Crippen LogP contribution in [0.2, 0.25) is 0 Å². The molecule has 0 aliphatic carbocycles. The SMILES string of the molecule is CCC1CCNC(C(=O)NCC(C)(C)OC)C1. The van der Waals surface area contributed by atoms with Gasteiger partial charge in [-0.3, -0.25) is 4.79 Å². The highest BCUT2D eigenvalue weighted by atomic mass is 16.5. The highest BCUT2D eigenvalue weighted by molar-refractivity contribution is 5.81. The van der Waals surface area contributed by atoms with Crippen LogP contribution in [0.4, 0.5) is 0 Å². The Hall–Kier alpha value is -0.610. The van der Waals surface area contributed by atoms with Crippen LogP contribution in [0.25, 0.3) is 0 Å². The van der Waals surface area contributed by atoms with Gasteiger partial charge in [0.1, 0.15) is 0 Å². The summed E-state index contributed by atoms with van der Waals surface area (Å²) in [6.07, 6.45) is 3.30. The van der Waals surface area contributed by atoms with Crippen LogP contribution in [0, 0.1) is 5.92 Å². The summed E-state index contributed by atoms with van der Waals surface area (Å²) in [6, 6.07) is -0.0265. The van der Waals surface area contributed by atoms with Crippen LogP contribution in [0.15, 0.2) is 0 Å². The first-order chi connectivity index (χ1) is 7.98. The molecule has 1 saturated heterocycles. The third-order valence-electron chi connectivity index (χ3n) is 3.65. The summed E-state index contributed by atoms with van der Waals surface area (Å²) < 4.78 is 5.28. The summed E-state index contributed by atoms with van der Waals surface area (Å²) in [4.78, 5) is 12.0. The summed E-state index contributed by atoms with van der Waals surface area (Å²) in [5.41, 5.74) is -0.297. The second kappa shape index (κ2) is 6.36. The molecule has 2 unspecified atom stereocenters. The second-order valence-electron chi connectivity index (χ2n) is 5.49. The molecule has 0 aromatic rings. The monoisotopic (exact) mass is 242 g/mol. The molecule has 0 saturated carbocycles. The van der Waals surface area contributed by atoms with Gasteiger partial charge in [0.2, 0.25) is 5.91 Å². The second-order valence-corrected chi connectivity index (χ2v) is 5.49. The van der Waals surface area contributed by atoms with E-state index >= 15 is 0 Å². The fraction of sp³-hybridized carbons (Fsp3) is 0.923. The van der Waals surface area contributed by atoms with Gasteiger partial charge in [0.15, 0.2) is 0 Å². The van der Waals surface area contributed by atoms with Crippen LogP contribution in [0.3, 0.4) is 0 Å². The van der Waals surface area contributed by atoms with Crippen molar-refractivity contribution in [3.63, 3.8) is 0 Å². The van der Waals surface area contributed by atoms with E-state index in [1.54, 1.807) is 7.11 Å². The molecule has 17 heavy (non-hydrogen) atoms. The van der Waals surface area contributed by atoms with E-state index < -0.39 is 0 Å². The van der Waals surface area contributed by atoms with Crippen molar-refractivity contribution in [2.24, 2.45) is 5.92 Å². The van der Waals surface area contributed by atoms with E-state index in [0.717, 1.165) is 19.4 Å². The predicted molar refractivity (Wildman–Crippen MR) is 68.9 cm³/mol. The maximum Gasteiger partial charge on any atom is 0.237 e. The molecule has 1 aliphatic heterocycles. The largest absolute Gasteiger partial charge is 0.377 e. The van der Waals surface area contributed by atoms with Gasteiger partial charge in [-0.05, 0) is 39.2 Å². The number of carbonyl (C=O) groups is 1. The maximum atomic E-state index is 12.0. The molecule has 4 nitrogen and oxygen atoms in total. The molecule has 100 valence electrons. The number of carbonyl (C=O) groups excluding carboxylic acids is 1. The van der Waals surface area contributed by atoms with Crippen molar-refractivity contribution in [1.82, 2.24) is 10.6 Å². The van der Waals surface area contributed by atoms with E-state index in [9.17, 15) is 4.79 Å². The zero-order valence-corrected chi connectivity index (χ0v) is 11.5. The summed E-state index contributed by atoms with van der Waals surface area (Å²) in [5.74, 6) is 0.788. The lowest BCUT2D eigenvalue weighted by Gasteiger charge is -2.30. The molecule has 1 rings (SSSR count).